The second kappa shape index (κ2) is 3.82. The minimum Gasteiger partial charge on any atom is -0.276 e. The number of hydrogen-bond acceptors (Lipinski definition) is 2. The van der Waals surface area contributed by atoms with Crippen molar-refractivity contribution in [3.05, 3.63) is 6.54 Å². The predicted octanol–water partition coefficient (Wildman–Crippen LogP) is 3.12. The lowest BCUT2D eigenvalue weighted by atomic mass is 9.83. The number of aliphatic imine (C=N–C) groups is 1. The van der Waals surface area contributed by atoms with E-state index in [0.717, 1.165) is 17.6 Å². The molecule has 0 aromatic heterocycles. The Balaban J connectivity index is 1.94. The molecule has 67 valence electrons. The third kappa shape index (κ3) is 1.85. The molecule has 0 aromatic carbocycles. The van der Waals surface area contributed by atoms with Crippen molar-refractivity contribution in [1.29, 1.82) is 0 Å². The van der Waals surface area contributed by atoms with Crippen LogP contribution in [0.4, 0.5) is 0 Å². The summed E-state index contributed by atoms with van der Waals surface area (Å²) in [6.07, 6.45) is 5.59. The van der Waals surface area contributed by atoms with Crippen LogP contribution in [0.25, 0.3) is 0 Å². The maximum atomic E-state index is 4.45. The van der Waals surface area contributed by atoms with E-state index in [9.17, 15) is 0 Å². The monoisotopic (exact) mass is 182 g/mol. The largest absolute Gasteiger partial charge is 0.276 e. The van der Waals surface area contributed by atoms with Crippen molar-refractivity contribution >= 4 is 16.8 Å². The molecule has 1 heterocycles. The van der Waals surface area contributed by atoms with Gasteiger partial charge in [0.25, 0.3) is 0 Å². The summed E-state index contributed by atoms with van der Waals surface area (Å²) in [7, 11) is 0. The van der Waals surface area contributed by atoms with E-state index in [4.69, 9.17) is 0 Å². The molecule has 2 unspecified atom stereocenters. The topological polar surface area (TPSA) is 12.4 Å². The quantitative estimate of drug-likeness (QED) is 0.607. The molecular formula is C10H16NS. The SMILES string of the molecule is CC1CCCC(C2=N[CH]CS2)C1. The molecule has 0 N–H and O–H groups in total. The van der Waals surface area contributed by atoms with Crippen LogP contribution in [0.1, 0.15) is 32.6 Å². The Bertz CT molecular complexity index is 188. The first-order chi connectivity index (χ1) is 5.86. The van der Waals surface area contributed by atoms with Crippen molar-refractivity contribution in [3.63, 3.8) is 0 Å². The zero-order valence-corrected chi connectivity index (χ0v) is 8.44. The lowest BCUT2D eigenvalue weighted by Crippen LogP contribution is -2.18. The molecule has 1 aliphatic heterocycles. The van der Waals surface area contributed by atoms with Crippen LogP contribution in [0.3, 0.4) is 0 Å². The van der Waals surface area contributed by atoms with Crippen molar-refractivity contribution < 1.29 is 0 Å². The molecule has 0 bridgehead atoms. The molecule has 0 amide bonds. The van der Waals surface area contributed by atoms with Crippen molar-refractivity contribution in [1.82, 2.24) is 0 Å². The molecule has 2 aliphatic rings. The maximum Gasteiger partial charge on any atom is 0.0835 e. The summed E-state index contributed by atoms with van der Waals surface area (Å²) in [5.74, 6) is 2.84. The maximum absolute atomic E-state index is 4.45. The van der Waals surface area contributed by atoms with E-state index in [-0.39, 0.29) is 0 Å². The molecule has 0 spiro atoms. The van der Waals surface area contributed by atoms with Crippen LogP contribution in [-0.4, -0.2) is 10.8 Å². The highest BCUT2D eigenvalue weighted by Gasteiger charge is 2.25. The molecular weight excluding hydrogens is 166 g/mol. The van der Waals surface area contributed by atoms with Crippen LogP contribution in [0, 0.1) is 18.4 Å². The van der Waals surface area contributed by atoms with Crippen molar-refractivity contribution in [2.75, 3.05) is 5.75 Å². The van der Waals surface area contributed by atoms with Crippen molar-refractivity contribution in [3.8, 4) is 0 Å². The first-order valence-corrected chi connectivity index (χ1v) is 5.87. The van der Waals surface area contributed by atoms with Crippen molar-refractivity contribution in [2.24, 2.45) is 16.8 Å². The van der Waals surface area contributed by atoms with Gasteiger partial charge in [-0.2, -0.15) is 0 Å². The molecule has 2 rings (SSSR count). The van der Waals surface area contributed by atoms with Gasteiger partial charge in [-0.05, 0) is 18.8 Å². The van der Waals surface area contributed by atoms with Gasteiger partial charge in [0, 0.05) is 11.7 Å². The molecule has 0 saturated heterocycles. The number of rotatable bonds is 1. The van der Waals surface area contributed by atoms with Gasteiger partial charge in [-0.1, -0.05) is 19.8 Å². The summed E-state index contributed by atoms with van der Waals surface area (Å²) < 4.78 is 0. The zero-order chi connectivity index (χ0) is 8.39. The van der Waals surface area contributed by atoms with Crippen LogP contribution in [0.5, 0.6) is 0 Å². The van der Waals surface area contributed by atoms with Crippen LogP contribution in [-0.2, 0) is 0 Å². The fraction of sp³-hybridized carbons (Fsp3) is 0.800. The molecule has 1 aliphatic carbocycles. The fourth-order valence-corrected chi connectivity index (χ4v) is 3.09. The standard InChI is InChI=1S/C10H16NS/c1-8-3-2-4-9(7-8)10-11-5-6-12-10/h5,8-9H,2-4,6-7H2,1H3. The first kappa shape index (κ1) is 8.61. The molecule has 1 nitrogen and oxygen atoms in total. The lowest BCUT2D eigenvalue weighted by molar-refractivity contribution is 0.342. The van der Waals surface area contributed by atoms with E-state index in [2.05, 4.69) is 18.5 Å². The Morgan fingerprint density at radius 1 is 1.50 bits per heavy atom. The zero-order valence-electron chi connectivity index (χ0n) is 7.62. The van der Waals surface area contributed by atoms with Gasteiger partial charge in [0.1, 0.15) is 0 Å². The summed E-state index contributed by atoms with van der Waals surface area (Å²) >= 11 is 1.95. The van der Waals surface area contributed by atoms with Crippen LogP contribution in [0.15, 0.2) is 4.99 Å². The van der Waals surface area contributed by atoms with Crippen LogP contribution < -0.4 is 0 Å². The minimum atomic E-state index is 0.803. The summed E-state index contributed by atoms with van der Waals surface area (Å²) in [5.41, 5.74) is 0. The van der Waals surface area contributed by atoms with Gasteiger partial charge in [-0.25, -0.2) is 0 Å². The van der Waals surface area contributed by atoms with Gasteiger partial charge in [0.2, 0.25) is 0 Å². The Kier molecular flexibility index (Phi) is 2.74. The van der Waals surface area contributed by atoms with E-state index in [1.165, 1.54) is 30.7 Å². The van der Waals surface area contributed by atoms with Gasteiger partial charge in [0.05, 0.1) is 11.6 Å². The smallest absolute Gasteiger partial charge is 0.0835 e. The first-order valence-electron chi connectivity index (χ1n) is 4.88. The van der Waals surface area contributed by atoms with Gasteiger partial charge >= 0.3 is 0 Å². The second-order valence-corrected chi connectivity index (χ2v) is 4.97. The summed E-state index contributed by atoms with van der Waals surface area (Å²) in [4.78, 5) is 4.45. The Morgan fingerprint density at radius 3 is 3.08 bits per heavy atom. The molecule has 12 heavy (non-hydrogen) atoms. The van der Waals surface area contributed by atoms with E-state index < -0.39 is 0 Å². The van der Waals surface area contributed by atoms with E-state index >= 15 is 0 Å². The van der Waals surface area contributed by atoms with Crippen LogP contribution >= 0.6 is 11.8 Å². The highest BCUT2D eigenvalue weighted by molar-refractivity contribution is 8.14. The van der Waals surface area contributed by atoms with Gasteiger partial charge in [-0.15, -0.1) is 11.8 Å². The van der Waals surface area contributed by atoms with E-state index in [1.807, 2.05) is 11.8 Å². The fourth-order valence-electron chi connectivity index (χ4n) is 2.17. The van der Waals surface area contributed by atoms with Gasteiger partial charge in [-0.3, -0.25) is 4.99 Å². The molecule has 1 fully saturated rings. The number of thioether (sulfide) groups is 1. The number of nitrogens with zero attached hydrogens (tertiary/aromatic N) is 1. The Labute approximate surface area is 79.0 Å². The molecule has 1 saturated carbocycles. The predicted molar refractivity (Wildman–Crippen MR) is 55.3 cm³/mol. The second-order valence-electron chi connectivity index (χ2n) is 3.93. The van der Waals surface area contributed by atoms with Gasteiger partial charge in [0.15, 0.2) is 0 Å². The third-order valence-corrected chi connectivity index (χ3v) is 3.86. The normalized spacial score (nSPS) is 36.6. The number of hydrogen-bond donors (Lipinski definition) is 0. The molecule has 0 aromatic rings. The Hall–Kier alpha value is 0.0200. The molecule has 2 atom stereocenters. The minimum absolute atomic E-state index is 0.803. The lowest BCUT2D eigenvalue weighted by Gasteiger charge is -2.26. The third-order valence-electron chi connectivity index (χ3n) is 2.81. The van der Waals surface area contributed by atoms with Gasteiger partial charge < -0.3 is 0 Å². The average Bonchev–Trinajstić information content (AvgIpc) is 2.56. The summed E-state index contributed by atoms with van der Waals surface area (Å²) in [6, 6.07) is 0. The average molecular weight is 182 g/mol. The molecule has 1 radical (unpaired) electrons. The van der Waals surface area contributed by atoms with Crippen LogP contribution in [0.2, 0.25) is 0 Å². The Morgan fingerprint density at radius 2 is 2.42 bits per heavy atom. The molecule has 2 heteroatoms. The van der Waals surface area contributed by atoms with Crippen molar-refractivity contribution in [2.45, 2.75) is 32.6 Å². The van der Waals surface area contributed by atoms with E-state index in [1.54, 1.807) is 0 Å². The highest BCUT2D eigenvalue weighted by atomic mass is 32.2. The van der Waals surface area contributed by atoms with E-state index in [0.29, 0.717) is 0 Å². The summed E-state index contributed by atoms with van der Waals surface area (Å²) in [5, 5.41) is 1.42. The summed E-state index contributed by atoms with van der Waals surface area (Å²) in [6.45, 7) is 4.43. The highest BCUT2D eigenvalue weighted by Crippen LogP contribution is 2.34.